The zero-order valence-electron chi connectivity index (χ0n) is 8.34. The zero-order chi connectivity index (χ0) is 9.94. The van der Waals surface area contributed by atoms with Crippen LogP contribution in [0.3, 0.4) is 0 Å². The van der Waals surface area contributed by atoms with Gasteiger partial charge < -0.3 is 5.73 Å². The Hall–Kier alpha value is -0.610. The van der Waals surface area contributed by atoms with Crippen LogP contribution in [0.2, 0.25) is 0 Å². The Kier molecular flexibility index (Phi) is 9.03. The van der Waals surface area contributed by atoms with Gasteiger partial charge >= 0.3 is 0 Å². The lowest BCUT2D eigenvalue weighted by molar-refractivity contribution is -0.133. The Morgan fingerprint density at radius 3 is 2.77 bits per heavy atom. The Morgan fingerprint density at radius 2 is 2.15 bits per heavy atom. The largest absolute Gasteiger partial charge is 0.330 e. The maximum Gasteiger partial charge on any atom is 0.243 e. The van der Waals surface area contributed by atoms with Crippen LogP contribution in [0.5, 0.6) is 0 Å². The lowest BCUT2D eigenvalue weighted by Gasteiger charge is -2.04. The molecule has 0 bridgehead atoms. The molecular formula is C9H20N2O2. The van der Waals surface area contributed by atoms with Crippen molar-refractivity contribution >= 4 is 5.91 Å². The number of hydrogen-bond acceptors (Lipinski definition) is 3. The first kappa shape index (κ1) is 12.4. The van der Waals surface area contributed by atoms with Gasteiger partial charge in [-0.15, -0.1) is 0 Å². The fraction of sp³-hybridized carbons (Fsp3) is 0.889. The number of nitrogens with two attached hydrogens (primary N) is 1. The number of carbonyl (C=O) groups excluding carboxylic acids is 1. The van der Waals surface area contributed by atoms with Gasteiger partial charge in [-0.05, 0) is 25.8 Å². The molecule has 78 valence electrons. The van der Waals surface area contributed by atoms with E-state index in [1.165, 1.54) is 0 Å². The molecule has 0 heterocycles. The van der Waals surface area contributed by atoms with Crippen LogP contribution >= 0.6 is 0 Å². The molecular weight excluding hydrogens is 168 g/mol. The topological polar surface area (TPSA) is 64.3 Å². The molecule has 0 rings (SSSR count). The molecule has 0 aromatic carbocycles. The molecule has 0 aromatic heterocycles. The third kappa shape index (κ3) is 9.30. The number of nitrogens with one attached hydrogen (secondary N) is 1. The summed E-state index contributed by atoms with van der Waals surface area (Å²) in [5.41, 5.74) is 7.69. The third-order valence-electron chi connectivity index (χ3n) is 1.64. The lowest BCUT2D eigenvalue weighted by Crippen LogP contribution is -2.23. The van der Waals surface area contributed by atoms with Crippen molar-refractivity contribution < 1.29 is 9.63 Å². The van der Waals surface area contributed by atoms with Crippen LogP contribution in [-0.2, 0) is 9.63 Å². The average Bonchev–Trinajstić information content (AvgIpc) is 2.13. The minimum Gasteiger partial charge on any atom is -0.330 e. The first-order valence-electron chi connectivity index (χ1n) is 4.92. The van der Waals surface area contributed by atoms with Gasteiger partial charge in [0.2, 0.25) is 5.91 Å². The van der Waals surface area contributed by atoms with Crippen molar-refractivity contribution in [3.8, 4) is 0 Å². The Bertz CT molecular complexity index is 129. The third-order valence-corrected chi connectivity index (χ3v) is 1.64. The monoisotopic (exact) mass is 188 g/mol. The second-order valence-corrected chi connectivity index (χ2v) is 2.97. The number of carbonyl (C=O) groups is 1. The molecule has 0 spiro atoms. The molecule has 0 atom stereocenters. The van der Waals surface area contributed by atoms with Gasteiger partial charge in [0.25, 0.3) is 0 Å². The number of unbranched alkanes of at least 4 members (excludes halogenated alkanes) is 2. The first-order chi connectivity index (χ1) is 6.31. The van der Waals surface area contributed by atoms with E-state index in [1.807, 2.05) is 0 Å². The molecule has 3 N–H and O–H groups in total. The number of hydroxylamine groups is 1. The smallest absolute Gasteiger partial charge is 0.243 e. The van der Waals surface area contributed by atoms with E-state index in [0.717, 1.165) is 25.7 Å². The maximum atomic E-state index is 11.0. The van der Waals surface area contributed by atoms with Crippen LogP contribution < -0.4 is 11.2 Å². The molecule has 0 radical (unpaired) electrons. The second-order valence-electron chi connectivity index (χ2n) is 2.97. The summed E-state index contributed by atoms with van der Waals surface area (Å²) in [7, 11) is 0. The van der Waals surface area contributed by atoms with E-state index in [4.69, 9.17) is 10.6 Å². The Labute approximate surface area is 79.8 Å². The van der Waals surface area contributed by atoms with Gasteiger partial charge in [-0.3, -0.25) is 9.63 Å². The minimum atomic E-state index is -0.0513. The normalized spacial score (nSPS) is 10.0. The zero-order valence-corrected chi connectivity index (χ0v) is 8.34. The summed E-state index contributed by atoms with van der Waals surface area (Å²) in [6.07, 6.45) is 4.28. The molecule has 0 aliphatic rings. The van der Waals surface area contributed by atoms with Gasteiger partial charge in [0, 0.05) is 6.42 Å². The second kappa shape index (κ2) is 9.48. The van der Waals surface area contributed by atoms with Gasteiger partial charge in [0.1, 0.15) is 0 Å². The highest BCUT2D eigenvalue weighted by Crippen LogP contribution is 1.93. The minimum absolute atomic E-state index is 0.0513. The summed E-state index contributed by atoms with van der Waals surface area (Å²) in [6.45, 7) is 3.32. The molecule has 0 aliphatic heterocycles. The van der Waals surface area contributed by atoms with Crippen LogP contribution in [-0.4, -0.2) is 19.1 Å². The summed E-state index contributed by atoms with van der Waals surface area (Å²) in [6, 6.07) is 0. The first-order valence-corrected chi connectivity index (χ1v) is 4.92. The van der Waals surface area contributed by atoms with Crippen LogP contribution in [0.15, 0.2) is 0 Å². The van der Waals surface area contributed by atoms with E-state index in [9.17, 15) is 4.79 Å². The maximum absolute atomic E-state index is 11.0. The van der Waals surface area contributed by atoms with Crippen molar-refractivity contribution in [1.29, 1.82) is 0 Å². The number of rotatable bonds is 8. The summed E-state index contributed by atoms with van der Waals surface area (Å²) in [4.78, 5) is 15.9. The molecule has 13 heavy (non-hydrogen) atoms. The van der Waals surface area contributed by atoms with Crippen molar-refractivity contribution in [2.45, 2.75) is 39.0 Å². The number of hydrogen-bond donors (Lipinski definition) is 2. The molecule has 0 saturated heterocycles. The van der Waals surface area contributed by atoms with Crippen molar-refractivity contribution in [2.24, 2.45) is 5.73 Å². The van der Waals surface area contributed by atoms with Crippen LogP contribution in [0.1, 0.15) is 39.0 Å². The number of amides is 1. The summed E-state index contributed by atoms with van der Waals surface area (Å²) in [5, 5.41) is 0. The molecule has 0 aliphatic carbocycles. The van der Waals surface area contributed by atoms with E-state index in [2.05, 4.69) is 12.4 Å². The summed E-state index contributed by atoms with van der Waals surface area (Å²) >= 11 is 0. The molecule has 0 unspecified atom stereocenters. The van der Waals surface area contributed by atoms with E-state index in [0.29, 0.717) is 19.6 Å². The highest BCUT2D eigenvalue weighted by molar-refractivity contribution is 5.74. The average molecular weight is 188 g/mol. The molecule has 1 amide bonds. The van der Waals surface area contributed by atoms with Crippen molar-refractivity contribution in [3.63, 3.8) is 0 Å². The Morgan fingerprint density at radius 1 is 1.38 bits per heavy atom. The highest BCUT2D eigenvalue weighted by atomic mass is 16.6. The molecule has 0 fully saturated rings. The van der Waals surface area contributed by atoms with Crippen LogP contribution in [0, 0.1) is 0 Å². The van der Waals surface area contributed by atoms with E-state index < -0.39 is 0 Å². The molecule has 4 nitrogen and oxygen atoms in total. The quantitative estimate of drug-likeness (QED) is 0.440. The van der Waals surface area contributed by atoms with Gasteiger partial charge in [-0.2, -0.15) is 0 Å². The predicted octanol–water partition coefficient (Wildman–Crippen LogP) is 0.963. The molecule has 0 aromatic rings. The van der Waals surface area contributed by atoms with Gasteiger partial charge in [-0.1, -0.05) is 13.3 Å². The van der Waals surface area contributed by atoms with E-state index in [-0.39, 0.29) is 5.91 Å². The predicted molar refractivity (Wildman–Crippen MR) is 51.9 cm³/mol. The standard InChI is InChI=1S/C9H20N2O2/c1-2-3-8-13-11-9(12)6-4-5-7-10/h2-8,10H2,1H3,(H,11,12). The SMILES string of the molecule is CCCCONC(=O)CCCCN. The summed E-state index contributed by atoms with van der Waals surface area (Å²) in [5.74, 6) is -0.0513. The Balaban J connectivity index is 3.11. The van der Waals surface area contributed by atoms with Gasteiger partial charge in [-0.25, -0.2) is 5.48 Å². The fourth-order valence-electron chi connectivity index (χ4n) is 0.829. The van der Waals surface area contributed by atoms with Crippen molar-refractivity contribution in [3.05, 3.63) is 0 Å². The van der Waals surface area contributed by atoms with E-state index >= 15 is 0 Å². The molecule has 4 heteroatoms. The summed E-state index contributed by atoms with van der Waals surface area (Å²) < 4.78 is 0. The van der Waals surface area contributed by atoms with Crippen molar-refractivity contribution in [1.82, 2.24) is 5.48 Å². The van der Waals surface area contributed by atoms with Crippen molar-refractivity contribution in [2.75, 3.05) is 13.2 Å². The van der Waals surface area contributed by atoms with E-state index in [1.54, 1.807) is 0 Å². The lowest BCUT2D eigenvalue weighted by atomic mass is 10.2. The highest BCUT2D eigenvalue weighted by Gasteiger charge is 1.99. The van der Waals surface area contributed by atoms with Crippen LogP contribution in [0.25, 0.3) is 0 Å². The van der Waals surface area contributed by atoms with Gasteiger partial charge in [0.05, 0.1) is 6.61 Å². The van der Waals surface area contributed by atoms with Gasteiger partial charge in [0.15, 0.2) is 0 Å². The molecule has 0 saturated carbocycles. The van der Waals surface area contributed by atoms with Crippen LogP contribution in [0.4, 0.5) is 0 Å². The fourth-order valence-corrected chi connectivity index (χ4v) is 0.829.